The van der Waals surface area contributed by atoms with Crippen molar-refractivity contribution in [1.82, 2.24) is 0 Å². The second-order valence-corrected chi connectivity index (χ2v) is 8.19. The molecule has 2 fully saturated rings. The summed E-state index contributed by atoms with van der Waals surface area (Å²) in [5.41, 5.74) is 0. The van der Waals surface area contributed by atoms with E-state index in [1.54, 1.807) is 5.30 Å². The maximum atomic E-state index is 5.67. The first-order valence-electron chi connectivity index (χ1n) is 4.87. The van der Waals surface area contributed by atoms with E-state index in [9.17, 15) is 0 Å². The average Bonchev–Trinajstić information content (AvgIpc) is 2.90. The molecule has 13 heavy (non-hydrogen) atoms. The fourth-order valence-corrected chi connectivity index (χ4v) is 6.17. The maximum Gasteiger partial charge on any atom is 0.198 e. The van der Waals surface area contributed by atoms with Crippen LogP contribution in [0.1, 0.15) is 6.42 Å². The first kappa shape index (κ1) is 7.96. The zero-order valence-electron chi connectivity index (χ0n) is 7.81. The third kappa shape index (κ3) is 1.07. The molecule has 0 N–H and O–H groups in total. The summed E-state index contributed by atoms with van der Waals surface area (Å²) in [5.74, 6) is 0.620. The van der Waals surface area contributed by atoms with Crippen molar-refractivity contribution in [1.29, 1.82) is 0 Å². The number of fused-ring (bicyclic) bond motifs is 1. The lowest BCUT2D eigenvalue weighted by Gasteiger charge is -2.16. The van der Waals surface area contributed by atoms with Gasteiger partial charge in [0.05, 0.1) is 25.4 Å². The smallest absolute Gasteiger partial charge is 0.198 e. The Morgan fingerprint density at radius 3 is 2.62 bits per heavy atom. The van der Waals surface area contributed by atoms with Gasteiger partial charge in [-0.25, -0.2) is 0 Å². The molecule has 0 aliphatic carbocycles. The third-order valence-corrected chi connectivity index (χ3v) is 7.58. The summed E-state index contributed by atoms with van der Waals surface area (Å²) in [6.07, 6.45) is 3.31. The van der Waals surface area contributed by atoms with Crippen LogP contribution in [-0.2, 0) is 4.74 Å². The van der Waals surface area contributed by atoms with E-state index >= 15 is 0 Å². The van der Waals surface area contributed by atoms with Crippen molar-refractivity contribution in [3.05, 3.63) is 30.3 Å². The Morgan fingerprint density at radius 2 is 2.08 bits per heavy atom. The lowest BCUT2D eigenvalue weighted by molar-refractivity contribution is 0.386. The van der Waals surface area contributed by atoms with Crippen LogP contribution in [0.2, 0.25) is 0 Å². The minimum absolute atomic E-state index is 0.620. The van der Waals surface area contributed by atoms with Crippen molar-refractivity contribution < 1.29 is 4.74 Å². The minimum Gasteiger partial charge on any atom is -0.331 e. The summed E-state index contributed by atoms with van der Waals surface area (Å²) < 4.78 is 5.67. The topological polar surface area (TPSA) is 12.5 Å². The van der Waals surface area contributed by atoms with Crippen LogP contribution in [0.3, 0.4) is 0 Å². The zero-order chi connectivity index (χ0) is 8.89. The Labute approximate surface area is 79.4 Å². The molecule has 2 aliphatic rings. The van der Waals surface area contributed by atoms with Gasteiger partial charge in [-0.3, -0.25) is 0 Å². The molecule has 0 aromatic heterocycles. The number of benzene rings is 1. The third-order valence-electron chi connectivity index (χ3n) is 3.34. The molecule has 2 aliphatic heterocycles. The molecule has 2 heteroatoms. The second-order valence-electron chi connectivity index (χ2n) is 4.18. The van der Waals surface area contributed by atoms with Gasteiger partial charge in [0, 0.05) is 6.42 Å². The molecular weight excluding hydrogens is 179 g/mol. The van der Waals surface area contributed by atoms with E-state index in [1.165, 1.54) is 12.6 Å². The van der Waals surface area contributed by atoms with Crippen molar-refractivity contribution in [2.24, 2.45) is 0 Å². The van der Waals surface area contributed by atoms with Gasteiger partial charge in [-0.15, -0.1) is 0 Å². The van der Waals surface area contributed by atoms with Crippen LogP contribution in [-0.4, -0.2) is 24.8 Å². The van der Waals surface area contributed by atoms with Crippen molar-refractivity contribution >= 4 is 12.6 Å². The van der Waals surface area contributed by atoms with E-state index in [0.29, 0.717) is 11.9 Å². The summed E-state index contributed by atoms with van der Waals surface area (Å²) in [4.78, 5) is 0. The predicted molar refractivity (Wildman–Crippen MR) is 57.1 cm³/mol. The van der Waals surface area contributed by atoms with Crippen LogP contribution in [0.5, 0.6) is 0 Å². The fraction of sp³-hybridized carbons (Fsp3) is 0.455. The van der Waals surface area contributed by atoms with Gasteiger partial charge in [0.1, 0.15) is 6.10 Å². The lowest BCUT2D eigenvalue weighted by Crippen LogP contribution is -2.14. The van der Waals surface area contributed by atoms with Gasteiger partial charge in [-0.05, 0) is 12.1 Å². The van der Waals surface area contributed by atoms with Crippen LogP contribution in [0, 0.1) is 0 Å². The largest absolute Gasteiger partial charge is 0.331 e. The second kappa shape index (κ2) is 2.56. The standard InChI is InChI=1S/C11H14OP/c1-13(8-7-10-11(13)12-10)9-5-3-2-4-6-9/h2-6,10-11H,7-8H2,1H3/q+1. The van der Waals surface area contributed by atoms with E-state index in [2.05, 4.69) is 37.0 Å². The molecule has 0 radical (unpaired) electrons. The number of epoxide rings is 1. The van der Waals surface area contributed by atoms with Crippen molar-refractivity contribution in [3.63, 3.8) is 0 Å². The van der Waals surface area contributed by atoms with Crippen molar-refractivity contribution in [2.45, 2.75) is 18.4 Å². The quantitative estimate of drug-likeness (QED) is 0.491. The molecule has 1 nitrogen and oxygen atoms in total. The summed E-state index contributed by atoms with van der Waals surface area (Å²) in [5, 5.41) is 1.56. The predicted octanol–water partition coefficient (Wildman–Crippen LogP) is 2.09. The first-order chi connectivity index (χ1) is 6.31. The number of hydrogen-bond donors (Lipinski definition) is 0. The number of ether oxygens (including phenoxy) is 1. The first-order valence-corrected chi connectivity index (χ1v) is 7.36. The Kier molecular flexibility index (Phi) is 1.57. The summed E-state index contributed by atoms with van der Waals surface area (Å²) in [7, 11) is -0.912. The highest BCUT2D eigenvalue weighted by Gasteiger charge is 2.65. The lowest BCUT2D eigenvalue weighted by atomic mass is 10.4. The molecular formula is C11H14OP+. The summed E-state index contributed by atoms with van der Waals surface area (Å²) in [6, 6.07) is 10.9. The van der Waals surface area contributed by atoms with Crippen molar-refractivity contribution in [3.8, 4) is 0 Å². The Hall–Kier alpha value is -0.390. The van der Waals surface area contributed by atoms with E-state index in [4.69, 9.17) is 4.74 Å². The molecule has 2 saturated heterocycles. The van der Waals surface area contributed by atoms with E-state index in [-0.39, 0.29) is 0 Å². The zero-order valence-corrected chi connectivity index (χ0v) is 8.71. The van der Waals surface area contributed by atoms with E-state index < -0.39 is 7.26 Å². The van der Waals surface area contributed by atoms with Gasteiger partial charge in [-0.2, -0.15) is 0 Å². The van der Waals surface area contributed by atoms with Crippen LogP contribution in [0.4, 0.5) is 0 Å². The van der Waals surface area contributed by atoms with Crippen LogP contribution in [0.25, 0.3) is 0 Å². The van der Waals surface area contributed by atoms with Gasteiger partial charge in [-0.1, -0.05) is 18.2 Å². The molecule has 3 unspecified atom stereocenters. The Bertz CT molecular complexity index is 324. The van der Waals surface area contributed by atoms with Gasteiger partial charge < -0.3 is 4.74 Å². The molecule has 1 aromatic carbocycles. The maximum absolute atomic E-state index is 5.67. The van der Waals surface area contributed by atoms with Gasteiger partial charge >= 0.3 is 0 Å². The summed E-state index contributed by atoms with van der Waals surface area (Å²) in [6.45, 7) is 2.44. The van der Waals surface area contributed by atoms with E-state index in [0.717, 1.165) is 0 Å². The van der Waals surface area contributed by atoms with Crippen LogP contribution in [0.15, 0.2) is 30.3 Å². The number of hydrogen-bond acceptors (Lipinski definition) is 1. The summed E-state index contributed by atoms with van der Waals surface area (Å²) >= 11 is 0. The van der Waals surface area contributed by atoms with Gasteiger partial charge in [0.15, 0.2) is 5.85 Å². The average molecular weight is 193 g/mol. The molecule has 0 bridgehead atoms. The molecule has 0 amide bonds. The van der Waals surface area contributed by atoms with Crippen LogP contribution < -0.4 is 5.30 Å². The molecule has 0 spiro atoms. The molecule has 0 saturated carbocycles. The monoisotopic (exact) mass is 193 g/mol. The van der Waals surface area contributed by atoms with Crippen molar-refractivity contribution in [2.75, 3.05) is 12.8 Å². The molecule has 1 aromatic rings. The molecule has 3 atom stereocenters. The molecule has 2 heterocycles. The highest BCUT2D eigenvalue weighted by Crippen LogP contribution is 2.71. The van der Waals surface area contributed by atoms with Crippen LogP contribution >= 0.6 is 7.26 Å². The fourth-order valence-electron chi connectivity index (χ4n) is 2.41. The number of rotatable bonds is 1. The Morgan fingerprint density at radius 1 is 1.31 bits per heavy atom. The molecule has 68 valence electrons. The highest BCUT2D eigenvalue weighted by molar-refractivity contribution is 7.83. The van der Waals surface area contributed by atoms with E-state index in [1.807, 2.05) is 0 Å². The Balaban J connectivity index is 2.00. The highest BCUT2D eigenvalue weighted by atomic mass is 31.2. The normalized spacial score (nSPS) is 41.6. The molecule has 3 rings (SSSR count). The van der Waals surface area contributed by atoms with Gasteiger partial charge in [0.25, 0.3) is 0 Å². The van der Waals surface area contributed by atoms with Gasteiger partial charge in [0.2, 0.25) is 0 Å². The minimum atomic E-state index is -0.912. The SMILES string of the molecule is C[P+]1(c2ccccc2)CCC2OC21.